The molecule has 1 atom stereocenters. The molecule has 11 nitrogen and oxygen atoms in total. The molecule has 1 unspecified atom stereocenters. The molecular weight excluding hydrogens is 502 g/mol. The van der Waals surface area contributed by atoms with Gasteiger partial charge < -0.3 is 20.2 Å². The lowest BCUT2D eigenvalue weighted by atomic mass is 10.1. The third-order valence-corrected chi connectivity index (χ3v) is 6.28. The van der Waals surface area contributed by atoms with E-state index in [0.717, 1.165) is 24.0 Å². The molecule has 1 aromatic heterocycles. The molecule has 0 amide bonds. The molecule has 0 aliphatic rings. The van der Waals surface area contributed by atoms with E-state index in [1.54, 1.807) is 30.0 Å². The van der Waals surface area contributed by atoms with Gasteiger partial charge >= 0.3 is 0 Å². The Hall–Kier alpha value is -2.26. The number of aliphatic hydroxyl groups is 1. The Morgan fingerprint density at radius 2 is 1.85 bits per heavy atom. The molecule has 14 heteroatoms. The van der Waals surface area contributed by atoms with E-state index in [-0.39, 0.29) is 12.5 Å². The monoisotopic (exact) mass is 533 g/mol. The molecule has 2 rings (SSSR count). The summed E-state index contributed by atoms with van der Waals surface area (Å²) in [6, 6.07) is 10.1. The Bertz CT molecular complexity index is 1160. The normalized spacial score (nSPS) is 13.5. The van der Waals surface area contributed by atoms with Crippen LogP contribution in [-0.2, 0) is 32.3 Å². The average Bonchev–Trinajstić information content (AvgIpc) is 3.17. The first-order chi connectivity index (χ1) is 15.9. The fourth-order valence-corrected chi connectivity index (χ4v) is 4.58. The summed E-state index contributed by atoms with van der Waals surface area (Å²) in [7, 11) is -5.19. The maximum atomic E-state index is 11.7. The van der Waals surface area contributed by atoms with Crippen molar-refractivity contribution in [2.24, 2.45) is 4.99 Å². The summed E-state index contributed by atoms with van der Waals surface area (Å²) in [5.41, 5.74) is 0.741. The van der Waals surface area contributed by atoms with Crippen LogP contribution in [0, 0.1) is 0 Å². The Balaban J connectivity index is 1.91. The SMILES string of the molecule is CNCc1ccc(CSCCNC(=NCC(O)c2cccc(NS(C)(=O)=O)c2)NS(C)(=O)=O)o1. The molecular formula is C20H31N5O6S3. The van der Waals surface area contributed by atoms with E-state index in [9.17, 15) is 21.9 Å². The highest BCUT2D eigenvalue weighted by atomic mass is 32.2. The Kier molecular flexibility index (Phi) is 10.7. The van der Waals surface area contributed by atoms with Crippen molar-refractivity contribution in [1.82, 2.24) is 15.4 Å². The van der Waals surface area contributed by atoms with Crippen LogP contribution in [-0.4, -0.2) is 66.3 Å². The average molecular weight is 534 g/mol. The van der Waals surface area contributed by atoms with Crippen LogP contribution < -0.4 is 20.1 Å². The third kappa shape index (κ3) is 11.2. The van der Waals surface area contributed by atoms with Gasteiger partial charge in [-0.1, -0.05) is 12.1 Å². The number of benzene rings is 1. The van der Waals surface area contributed by atoms with Gasteiger partial charge in [-0.05, 0) is 36.9 Å². The summed E-state index contributed by atoms with van der Waals surface area (Å²) in [5, 5.41) is 16.4. The number of furan rings is 1. The molecule has 2 aromatic rings. The number of sulfonamides is 2. The van der Waals surface area contributed by atoms with E-state index in [0.29, 0.717) is 35.8 Å². The van der Waals surface area contributed by atoms with Gasteiger partial charge in [0.2, 0.25) is 26.0 Å². The number of hydrogen-bond acceptors (Lipinski definition) is 9. The fraction of sp³-hybridized carbons (Fsp3) is 0.450. The zero-order valence-electron chi connectivity index (χ0n) is 19.2. The van der Waals surface area contributed by atoms with Crippen LogP contribution in [0.5, 0.6) is 0 Å². The summed E-state index contributed by atoms with van der Waals surface area (Å²) < 4.78 is 56.5. The van der Waals surface area contributed by atoms with Gasteiger partial charge in [-0.25, -0.2) is 21.8 Å². The Labute approximate surface area is 204 Å². The van der Waals surface area contributed by atoms with E-state index in [1.165, 1.54) is 6.07 Å². The van der Waals surface area contributed by atoms with Crippen LogP contribution in [0.2, 0.25) is 0 Å². The van der Waals surface area contributed by atoms with Crippen molar-refractivity contribution in [3.63, 3.8) is 0 Å². The van der Waals surface area contributed by atoms with Gasteiger partial charge in [0.1, 0.15) is 11.5 Å². The highest BCUT2D eigenvalue weighted by Gasteiger charge is 2.12. The zero-order chi connectivity index (χ0) is 25.2. The molecule has 1 aromatic carbocycles. The van der Waals surface area contributed by atoms with Crippen LogP contribution in [0.15, 0.2) is 45.8 Å². The number of hydrogen-bond donors (Lipinski definition) is 5. The molecule has 0 spiro atoms. The summed E-state index contributed by atoms with van der Waals surface area (Å²) in [5.74, 6) is 3.07. The third-order valence-electron chi connectivity index (χ3n) is 4.13. The second kappa shape index (κ2) is 13.0. The van der Waals surface area contributed by atoms with Crippen molar-refractivity contribution >= 4 is 43.5 Å². The van der Waals surface area contributed by atoms with Gasteiger partial charge in [-0.15, -0.1) is 0 Å². The minimum absolute atomic E-state index is 0.0156. The molecule has 34 heavy (non-hydrogen) atoms. The van der Waals surface area contributed by atoms with Crippen LogP contribution in [0.4, 0.5) is 5.69 Å². The Morgan fingerprint density at radius 1 is 1.12 bits per heavy atom. The molecule has 0 fully saturated rings. The number of aliphatic hydroxyl groups excluding tert-OH is 1. The van der Waals surface area contributed by atoms with Gasteiger partial charge in [0.05, 0.1) is 37.5 Å². The van der Waals surface area contributed by atoms with Gasteiger partial charge in [-0.3, -0.25) is 9.44 Å². The maximum absolute atomic E-state index is 11.7. The van der Waals surface area contributed by atoms with Gasteiger partial charge in [0.15, 0.2) is 0 Å². The quantitative estimate of drug-likeness (QED) is 0.143. The predicted molar refractivity (Wildman–Crippen MR) is 136 cm³/mol. The summed E-state index contributed by atoms with van der Waals surface area (Å²) in [4.78, 5) is 4.16. The fourth-order valence-electron chi connectivity index (χ4n) is 2.79. The highest BCUT2D eigenvalue weighted by Crippen LogP contribution is 2.19. The lowest BCUT2D eigenvalue weighted by Gasteiger charge is -2.14. The van der Waals surface area contributed by atoms with Crippen molar-refractivity contribution < 1.29 is 26.4 Å². The zero-order valence-corrected chi connectivity index (χ0v) is 21.7. The minimum Gasteiger partial charge on any atom is -0.464 e. The van der Waals surface area contributed by atoms with E-state index in [2.05, 4.69) is 25.1 Å². The summed E-state index contributed by atoms with van der Waals surface area (Å²) in [6.45, 7) is 0.953. The molecule has 0 radical (unpaired) electrons. The number of aliphatic imine (C=N–C) groups is 1. The number of guanidine groups is 1. The molecule has 0 aliphatic heterocycles. The lowest BCUT2D eigenvalue weighted by Crippen LogP contribution is -2.41. The Morgan fingerprint density at radius 3 is 2.53 bits per heavy atom. The predicted octanol–water partition coefficient (Wildman–Crippen LogP) is 0.832. The first-order valence-corrected chi connectivity index (χ1v) is 15.2. The second-order valence-corrected chi connectivity index (χ2v) is 12.1. The topological polar surface area (TPSA) is 162 Å². The summed E-state index contributed by atoms with van der Waals surface area (Å²) >= 11 is 1.61. The number of anilines is 1. The molecule has 0 saturated heterocycles. The largest absolute Gasteiger partial charge is 0.464 e. The molecule has 0 bridgehead atoms. The number of nitrogens with one attached hydrogen (secondary N) is 4. The molecule has 0 aliphatic carbocycles. The van der Waals surface area contributed by atoms with Gasteiger partial charge in [-0.2, -0.15) is 11.8 Å². The molecule has 190 valence electrons. The smallest absolute Gasteiger partial charge is 0.232 e. The molecule has 5 N–H and O–H groups in total. The maximum Gasteiger partial charge on any atom is 0.232 e. The first-order valence-electron chi connectivity index (χ1n) is 10.3. The van der Waals surface area contributed by atoms with Crippen molar-refractivity contribution in [1.29, 1.82) is 0 Å². The molecule has 0 saturated carbocycles. The lowest BCUT2D eigenvalue weighted by molar-refractivity contribution is 0.187. The van der Waals surface area contributed by atoms with E-state index < -0.39 is 26.2 Å². The number of nitrogens with zero attached hydrogens (tertiary/aromatic N) is 1. The standard InChI is InChI=1S/C20H31N5O6S3/c1-21-12-17-7-8-18(31-17)14-32-10-9-22-20(25-34(3,29)30)23-13-19(26)15-5-4-6-16(11-15)24-33(2,27)28/h4-8,11,19,21,24,26H,9-10,12-14H2,1-3H3,(H2,22,23,25). The van der Waals surface area contributed by atoms with Crippen molar-refractivity contribution in [2.45, 2.75) is 18.4 Å². The molecule has 1 heterocycles. The summed E-state index contributed by atoms with van der Waals surface area (Å²) in [6.07, 6.45) is 0.971. The van der Waals surface area contributed by atoms with Crippen LogP contribution in [0.1, 0.15) is 23.2 Å². The van der Waals surface area contributed by atoms with Crippen molar-refractivity contribution in [2.75, 3.05) is 43.1 Å². The van der Waals surface area contributed by atoms with Crippen LogP contribution >= 0.6 is 11.8 Å². The van der Waals surface area contributed by atoms with Crippen molar-refractivity contribution in [3.8, 4) is 0 Å². The highest BCUT2D eigenvalue weighted by molar-refractivity contribution is 7.98. The minimum atomic E-state index is -3.58. The number of rotatable bonds is 13. The van der Waals surface area contributed by atoms with E-state index >= 15 is 0 Å². The number of thioether (sulfide) groups is 1. The van der Waals surface area contributed by atoms with Gasteiger partial charge in [0, 0.05) is 18.0 Å². The van der Waals surface area contributed by atoms with Crippen molar-refractivity contribution in [3.05, 3.63) is 53.5 Å². The van der Waals surface area contributed by atoms with E-state index in [4.69, 9.17) is 4.42 Å². The van der Waals surface area contributed by atoms with Crippen LogP contribution in [0.3, 0.4) is 0 Å². The van der Waals surface area contributed by atoms with E-state index in [1.807, 2.05) is 19.2 Å². The second-order valence-electron chi connectivity index (χ2n) is 7.46. The van der Waals surface area contributed by atoms with Gasteiger partial charge in [0.25, 0.3) is 0 Å². The van der Waals surface area contributed by atoms with Crippen LogP contribution in [0.25, 0.3) is 0 Å². The first kappa shape index (κ1) is 28.0.